The molecular formula is C15H19N3O3. The van der Waals surface area contributed by atoms with Crippen molar-refractivity contribution in [1.29, 1.82) is 0 Å². The van der Waals surface area contributed by atoms with Crippen LogP contribution in [-0.4, -0.2) is 34.1 Å². The lowest BCUT2D eigenvalue weighted by Gasteiger charge is -2.04. The van der Waals surface area contributed by atoms with Crippen LogP contribution in [0.3, 0.4) is 0 Å². The highest BCUT2D eigenvalue weighted by Gasteiger charge is 2.05. The van der Waals surface area contributed by atoms with Gasteiger partial charge in [0.2, 0.25) is 5.91 Å². The van der Waals surface area contributed by atoms with Crippen molar-refractivity contribution in [2.45, 2.75) is 25.7 Å². The molecule has 1 amide bonds. The molecule has 21 heavy (non-hydrogen) atoms. The van der Waals surface area contributed by atoms with Crippen molar-refractivity contribution in [2.24, 2.45) is 0 Å². The molecule has 112 valence electrons. The van der Waals surface area contributed by atoms with Gasteiger partial charge in [0.25, 0.3) is 5.56 Å². The number of aromatic amines is 1. The first-order valence-corrected chi connectivity index (χ1v) is 7.06. The van der Waals surface area contributed by atoms with E-state index >= 15 is 0 Å². The average molecular weight is 289 g/mol. The number of amides is 1. The summed E-state index contributed by atoms with van der Waals surface area (Å²) in [6.45, 7) is 0.558. The fourth-order valence-electron chi connectivity index (χ4n) is 2.06. The molecule has 2 aromatic rings. The van der Waals surface area contributed by atoms with Gasteiger partial charge in [-0.25, -0.2) is 4.98 Å². The Balaban J connectivity index is 1.89. The van der Waals surface area contributed by atoms with Crippen molar-refractivity contribution >= 4 is 16.8 Å². The summed E-state index contributed by atoms with van der Waals surface area (Å²) in [5.41, 5.74) is 0.520. The molecular weight excluding hydrogens is 270 g/mol. The van der Waals surface area contributed by atoms with E-state index in [1.54, 1.807) is 18.2 Å². The molecule has 0 bridgehead atoms. The first kappa shape index (κ1) is 15.2. The highest BCUT2D eigenvalue weighted by molar-refractivity contribution is 5.77. The predicted octanol–water partition coefficient (Wildman–Crippen LogP) is 0.744. The van der Waals surface area contributed by atoms with Crippen molar-refractivity contribution < 1.29 is 9.90 Å². The lowest BCUT2D eigenvalue weighted by Crippen LogP contribution is -2.24. The van der Waals surface area contributed by atoms with Crippen LogP contribution in [-0.2, 0) is 11.2 Å². The predicted molar refractivity (Wildman–Crippen MR) is 80.0 cm³/mol. The topological polar surface area (TPSA) is 95.1 Å². The van der Waals surface area contributed by atoms with E-state index in [4.69, 9.17) is 5.11 Å². The van der Waals surface area contributed by atoms with Gasteiger partial charge in [-0.3, -0.25) is 9.59 Å². The van der Waals surface area contributed by atoms with E-state index in [2.05, 4.69) is 15.3 Å². The van der Waals surface area contributed by atoms with Crippen LogP contribution < -0.4 is 10.9 Å². The molecule has 1 aromatic carbocycles. The van der Waals surface area contributed by atoms with Crippen LogP contribution in [0.4, 0.5) is 0 Å². The molecule has 0 aliphatic carbocycles. The van der Waals surface area contributed by atoms with Gasteiger partial charge in [-0.05, 0) is 25.0 Å². The fourth-order valence-corrected chi connectivity index (χ4v) is 2.06. The molecule has 0 spiro atoms. The molecule has 1 heterocycles. The Morgan fingerprint density at radius 2 is 2.10 bits per heavy atom. The normalized spacial score (nSPS) is 10.7. The van der Waals surface area contributed by atoms with Crippen molar-refractivity contribution in [3.8, 4) is 0 Å². The van der Waals surface area contributed by atoms with Crippen LogP contribution in [0.2, 0.25) is 0 Å². The molecule has 0 unspecified atom stereocenters. The largest absolute Gasteiger partial charge is 0.396 e. The van der Waals surface area contributed by atoms with Crippen LogP contribution in [0, 0.1) is 0 Å². The zero-order valence-electron chi connectivity index (χ0n) is 11.8. The molecule has 0 aliphatic rings. The molecule has 0 saturated heterocycles. The number of aromatic nitrogens is 2. The highest BCUT2D eigenvalue weighted by Crippen LogP contribution is 2.07. The monoisotopic (exact) mass is 289 g/mol. The highest BCUT2D eigenvalue weighted by atomic mass is 16.3. The van der Waals surface area contributed by atoms with Gasteiger partial charge in [0, 0.05) is 26.0 Å². The summed E-state index contributed by atoms with van der Waals surface area (Å²) in [5, 5.41) is 11.9. The number of aliphatic hydroxyl groups excluding tert-OH is 1. The molecule has 3 N–H and O–H groups in total. The van der Waals surface area contributed by atoms with Gasteiger partial charge >= 0.3 is 0 Å². The zero-order valence-corrected chi connectivity index (χ0v) is 11.8. The maximum absolute atomic E-state index is 11.9. The number of hydrogen-bond donors (Lipinski definition) is 3. The third-order valence-electron chi connectivity index (χ3n) is 3.14. The van der Waals surface area contributed by atoms with Gasteiger partial charge in [-0.15, -0.1) is 0 Å². The van der Waals surface area contributed by atoms with E-state index in [1.165, 1.54) is 0 Å². The molecule has 1 aromatic heterocycles. The summed E-state index contributed by atoms with van der Waals surface area (Å²) < 4.78 is 0. The van der Waals surface area contributed by atoms with Crippen molar-refractivity contribution in [1.82, 2.24) is 15.3 Å². The van der Waals surface area contributed by atoms with Gasteiger partial charge in [0.15, 0.2) is 0 Å². The summed E-state index contributed by atoms with van der Waals surface area (Å²) in [5.74, 6) is 0.549. The fraction of sp³-hybridized carbons (Fsp3) is 0.400. The van der Waals surface area contributed by atoms with E-state index in [-0.39, 0.29) is 18.1 Å². The number of aliphatic hydroxyl groups is 1. The SMILES string of the molecule is O=C(CCCc1nc2ccccc2c(=O)[nH]1)NCCCO. The number of carbonyl (C=O) groups excluding carboxylic acids is 1. The molecule has 6 heteroatoms. The number of benzene rings is 1. The first-order valence-electron chi connectivity index (χ1n) is 7.06. The van der Waals surface area contributed by atoms with Gasteiger partial charge in [0.1, 0.15) is 5.82 Å². The number of nitrogens with zero attached hydrogens (tertiary/aromatic N) is 1. The van der Waals surface area contributed by atoms with E-state index < -0.39 is 0 Å². The standard InChI is InChI=1S/C15H19N3O3/c19-10-4-9-16-14(20)8-3-7-13-17-12-6-2-1-5-11(12)15(21)18-13/h1-2,5-6,19H,3-4,7-10H2,(H,16,20)(H,17,18,21). The molecule has 0 saturated carbocycles. The number of aryl methyl sites for hydroxylation is 1. The number of nitrogens with one attached hydrogen (secondary N) is 2. The van der Waals surface area contributed by atoms with Gasteiger partial charge < -0.3 is 15.4 Å². The van der Waals surface area contributed by atoms with E-state index in [0.717, 1.165) is 0 Å². The third-order valence-corrected chi connectivity index (χ3v) is 3.14. The Morgan fingerprint density at radius 1 is 1.29 bits per heavy atom. The van der Waals surface area contributed by atoms with Crippen LogP contribution >= 0.6 is 0 Å². The van der Waals surface area contributed by atoms with Gasteiger partial charge in [-0.1, -0.05) is 12.1 Å². The first-order chi connectivity index (χ1) is 10.2. The Kier molecular flexibility index (Phi) is 5.45. The second-order valence-electron chi connectivity index (χ2n) is 4.81. The quantitative estimate of drug-likeness (QED) is 0.655. The number of hydrogen-bond acceptors (Lipinski definition) is 4. The van der Waals surface area contributed by atoms with Crippen molar-refractivity contribution in [3.05, 3.63) is 40.4 Å². The van der Waals surface area contributed by atoms with Crippen molar-refractivity contribution in [3.63, 3.8) is 0 Å². The maximum Gasteiger partial charge on any atom is 0.258 e. The minimum Gasteiger partial charge on any atom is -0.396 e. The summed E-state index contributed by atoms with van der Waals surface area (Å²) in [6.07, 6.45) is 2.10. The summed E-state index contributed by atoms with van der Waals surface area (Å²) >= 11 is 0. The van der Waals surface area contributed by atoms with E-state index in [1.807, 2.05) is 6.07 Å². The number of H-pyrrole nitrogens is 1. The van der Waals surface area contributed by atoms with Crippen LogP contribution in [0.1, 0.15) is 25.1 Å². The smallest absolute Gasteiger partial charge is 0.258 e. The van der Waals surface area contributed by atoms with E-state index in [0.29, 0.717) is 49.0 Å². The second-order valence-corrected chi connectivity index (χ2v) is 4.81. The number of carbonyl (C=O) groups is 1. The Hall–Kier alpha value is -2.21. The van der Waals surface area contributed by atoms with Crippen LogP contribution in [0.5, 0.6) is 0 Å². The van der Waals surface area contributed by atoms with Gasteiger partial charge in [0.05, 0.1) is 10.9 Å². The summed E-state index contributed by atoms with van der Waals surface area (Å²) in [7, 11) is 0. The lowest BCUT2D eigenvalue weighted by atomic mass is 10.2. The summed E-state index contributed by atoms with van der Waals surface area (Å²) in [4.78, 5) is 30.5. The Morgan fingerprint density at radius 3 is 2.90 bits per heavy atom. The molecule has 0 fully saturated rings. The third kappa shape index (κ3) is 4.39. The number of para-hydroxylation sites is 1. The van der Waals surface area contributed by atoms with E-state index in [9.17, 15) is 9.59 Å². The molecule has 0 aliphatic heterocycles. The molecule has 6 nitrogen and oxygen atoms in total. The zero-order chi connectivity index (χ0) is 15.1. The Bertz CT molecular complexity index is 667. The lowest BCUT2D eigenvalue weighted by molar-refractivity contribution is -0.121. The number of rotatable bonds is 7. The number of fused-ring (bicyclic) bond motifs is 1. The maximum atomic E-state index is 11.9. The minimum absolute atomic E-state index is 0.0495. The molecule has 0 atom stereocenters. The average Bonchev–Trinajstić information content (AvgIpc) is 2.48. The van der Waals surface area contributed by atoms with Crippen LogP contribution in [0.15, 0.2) is 29.1 Å². The van der Waals surface area contributed by atoms with Crippen LogP contribution in [0.25, 0.3) is 10.9 Å². The second kappa shape index (κ2) is 7.54. The Labute approximate surface area is 122 Å². The summed E-state index contributed by atoms with van der Waals surface area (Å²) in [6, 6.07) is 7.18. The minimum atomic E-state index is -0.150. The molecule has 2 rings (SSSR count). The van der Waals surface area contributed by atoms with Crippen molar-refractivity contribution in [2.75, 3.05) is 13.2 Å². The molecule has 0 radical (unpaired) electrons. The van der Waals surface area contributed by atoms with Gasteiger partial charge in [-0.2, -0.15) is 0 Å².